The molecule has 7 aliphatic rings. The van der Waals surface area contributed by atoms with E-state index in [0.717, 1.165) is 49.9 Å². The lowest BCUT2D eigenvalue weighted by atomic mass is 9.43. The first-order valence-electron chi connectivity index (χ1n) is 23.3. The third-order valence-electron chi connectivity index (χ3n) is 15.1. The van der Waals surface area contributed by atoms with E-state index in [9.17, 15) is 6.85 Å². The number of anilines is 3. The second-order valence-electron chi connectivity index (χ2n) is 19.1. The van der Waals surface area contributed by atoms with Crippen LogP contribution in [0.15, 0.2) is 103 Å². The highest BCUT2D eigenvalue weighted by Crippen LogP contribution is 2.69. The molecule has 262 valence electrons. The van der Waals surface area contributed by atoms with Crippen LogP contribution >= 0.6 is 0 Å². The number of benzene rings is 5. The van der Waals surface area contributed by atoms with Crippen LogP contribution in [0.4, 0.5) is 17.1 Å². The fourth-order valence-corrected chi connectivity index (χ4v) is 12.6. The zero-order chi connectivity index (χ0) is 41.5. The molecule has 4 fully saturated rings. The third-order valence-corrected chi connectivity index (χ3v) is 15.1. The van der Waals surface area contributed by atoms with Crippen LogP contribution in [0.2, 0.25) is 0 Å². The van der Waals surface area contributed by atoms with Gasteiger partial charge in [0, 0.05) is 27.9 Å². The van der Waals surface area contributed by atoms with Crippen LogP contribution in [0.1, 0.15) is 129 Å². The number of fused-ring (bicyclic) bond motifs is 7. The Balaban J connectivity index is 1.23. The Morgan fingerprint density at radius 1 is 0.519 bits per heavy atom. The maximum absolute atomic E-state index is 10.6. The summed E-state index contributed by atoms with van der Waals surface area (Å²) in [5.41, 5.74) is 10.3. The molecular weight excluding hydrogens is 627 g/mol. The number of rotatable bonds is 3. The fraction of sp³-hybridized carbons (Fsp3) is 0.412. The summed E-state index contributed by atoms with van der Waals surface area (Å²) < 4.78 is 67.3. The maximum atomic E-state index is 10.6. The molecule has 0 aliphatic heterocycles. The topological polar surface area (TPSA) is 3.24 Å². The molecular formula is C51H53N. The first-order chi connectivity index (χ1) is 27.9. The Kier molecular flexibility index (Phi) is 4.96. The molecule has 0 radical (unpaired) electrons. The van der Waals surface area contributed by atoms with Gasteiger partial charge in [-0.2, -0.15) is 0 Å². The van der Waals surface area contributed by atoms with Gasteiger partial charge in [-0.05, 0) is 171 Å². The summed E-state index contributed by atoms with van der Waals surface area (Å²) in [5.74, 6) is 1.35. The second-order valence-corrected chi connectivity index (χ2v) is 19.1. The molecule has 4 bridgehead atoms. The molecule has 7 aliphatic carbocycles. The zero-order valence-electron chi connectivity index (χ0n) is 38.5. The van der Waals surface area contributed by atoms with E-state index in [1.54, 1.807) is 0 Å². The summed E-state index contributed by atoms with van der Waals surface area (Å²) in [6, 6.07) is 21.2. The highest BCUT2D eigenvalue weighted by molar-refractivity contribution is 5.89. The van der Waals surface area contributed by atoms with E-state index < -0.39 is 5.41 Å². The summed E-state index contributed by atoms with van der Waals surface area (Å²) in [7, 11) is 0. The Hall–Kier alpha value is -4.10. The van der Waals surface area contributed by atoms with E-state index in [0.29, 0.717) is 39.8 Å². The molecule has 4 saturated carbocycles. The molecule has 1 heteroatoms. The van der Waals surface area contributed by atoms with Gasteiger partial charge >= 0.3 is 0 Å². The van der Waals surface area contributed by atoms with Crippen LogP contribution in [0.3, 0.4) is 0 Å². The average molecular weight is 687 g/mol. The maximum Gasteiger partial charge on any atom is 0.0648 e. The average Bonchev–Trinajstić information content (AvgIpc) is 3.64. The smallest absolute Gasteiger partial charge is 0.0648 e. The first-order valence-corrected chi connectivity index (χ1v) is 19.8. The van der Waals surface area contributed by atoms with Crippen molar-refractivity contribution >= 4 is 17.1 Å². The normalized spacial score (nSPS) is 30.5. The van der Waals surface area contributed by atoms with Crippen LogP contribution in [0.25, 0.3) is 22.3 Å². The SMILES string of the molecule is [2H]c1c([2H])c([2H])c2c(c1[2H])-c1c([2H])c([2H])c(N(c3ccc4c(c3)C(C)(C)CCC4(C)C)c3ccc4c(c3)C(C)(C)c3ccccc3-4)c([2H])c1C21C2CC3CC(C2)CC1C3. The molecule has 0 atom stereocenters. The monoisotopic (exact) mass is 686 g/mol. The first kappa shape index (κ1) is 25.0. The van der Waals surface area contributed by atoms with Gasteiger partial charge in [0.1, 0.15) is 0 Å². The highest BCUT2D eigenvalue weighted by Gasteiger charge is 2.61. The van der Waals surface area contributed by atoms with Crippen molar-refractivity contribution < 1.29 is 9.60 Å². The van der Waals surface area contributed by atoms with E-state index in [2.05, 4.69) is 107 Å². The van der Waals surface area contributed by atoms with Gasteiger partial charge in [-0.1, -0.05) is 108 Å². The molecule has 5 aromatic carbocycles. The summed E-state index contributed by atoms with van der Waals surface area (Å²) >= 11 is 0. The van der Waals surface area contributed by atoms with Gasteiger partial charge in [0.15, 0.2) is 0 Å². The van der Waals surface area contributed by atoms with Crippen molar-refractivity contribution in [3.63, 3.8) is 0 Å². The predicted molar refractivity (Wildman–Crippen MR) is 217 cm³/mol. The van der Waals surface area contributed by atoms with Gasteiger partial charge in [-0.3, -0.25) is 0 Å². The van der Waals surface area contributed by atoms with Gasteiger partial charge in [0.05, 0.1) is 9.60 Å². The Morgan fingerprint density at radius 3 is 1.88 bits per heavy atom. The number of hydrogen-bond acceptors (Lipinski definition) is 1. The van der Waals surface area contributed by atoms with Crippen molar-refractivity contribution in [2.75, 3.05) is 4.90 Å². The number of nitrogens with zero attached hydrogens (tertiary/aromatic N) is 1. The summed E-state index contributed by atoms with van der Waals surface area (Å²) in [6.07, 6.45) is 7.16. The quantitative estimate of drug-likeness (QED) is 0.183. The molecule has 5 aromatic rings. The largest absolute Gasteiger partial charge is 0.310 e. The van der Waals surface area contributed by atoms with Gasteiger partial charge < -0.3 is 4.90 Å². The second kappa shape index (κ2) is 10.3. The van der Waals surface area contributed by atoms with Crippen LogP contribution in [0.5, 0.6) is 0 Å². The highest BCUT2D eigenvalue weighted by atomic mass is 15.1. The molecule has 0 amide bonds. The van der Waals surface area contributed by atoms with E-state index in [1.807, 2.05) is 0 Å². The minimum absolute atomic E-state index is 0.00632. The van der Waals surface area contributed by atoms with Crippen molar-refractivity contribution in [3.8, 4) is 22.3 Å². The van der Waals surface area contributed by atoms with E-state index in [1.165, 1.54) is 39.8 Å². The molecule has 0 unspecified atom stereocenters. The van der Waals surface area contributed by atoms with Gasteiger partial charge in [-0.25, -0.2) is 0 Å². The molecule has 0 saturated heterocycles. The predicted octanol–water partition coefficient (Wildman–Crippen LogP) is 13.5. The summed E-state index contributed by atoms with van der Waals surface area (Å²) in [4.78, 5) is 2.09. The van der Waals surface area contributed by atoms with Crippen molar-refractivity contribution in [1.29, 1.82) is 0 Å². The Labute approximate surface area is 321 Å². The molecule has 1 spiro atoms. The van der Waals surface area contributed by atoms with Gasteiger partial charge in [0.2, 0.25) is 0 Å². The molecule has 1 nitrogen and oxygen atoms in total. The lowest BCUT2D eigenvalue weighted by molar-refractivity contribution is -0.0399. The molecule has 52 heavy (non-hydrogen) atoms. The Morgan fingerprint density at radius 2 is 1.13 bits per heavy atom. The van der Waals surface area contributed by atoms with Crippen LogP contribution < -0.4 is 4.90 Å². The van der Waals surface area contributed by atoms with Crippen molar-refractivity contribution in [3.05, 3.63) is 136 Å². The zero-order valence-corrected chi connectivity index (χ0v) is 31.5. The third kappa shape index (κ3) is 4.01. The lowest BCUT2D eigenvalue weighted by Crippen LogP contribution is -2.55. The van der Waals surface area contributed by atoms with Crippen molar-refractivity contribution in [2.24, 2.45) is 23.7 Å². The van der Waals surface area contributed by atoms with Crippen molar-refractivity contribution in [2.45, 2.75) is 108 Å². The molecule has 12 rings (SSSR count). The van der Waals surface area contributed by atoms with Crippen LogP contribution in [-0.2, 0) is 21.7 Å². The van der Waals surface area contributed by atoms with E-state index in [4.69, 9.17) is 2.74 Å². The van der Waals surface area contributed by atoms with Crippen molar-refractivity contribution in [1.82, 2.24) is 0 Å². The Bertz CT molecular complexity index is 2680. The minimum Gasteiger partial charge on any atom is -0.310 e. The molecule has 0 N–H and O–H groups in total. The lowest BCUT2D eigenvalue weighted by Gasteiger charge is -2.61. The van der Waals surface area contributed by atoms with Crippen LogP contribution in [-0.4, -0.2) is 0 Å². The van der Waals surface area contributed by atoms with Crippen LogP contribution in [0, 0.1) is 23.7 Å². The summed E-state index contributed by atoms with van der Waals surface area (Å²) in [6.45, 7) is 13.8. The van der Waals surface area contributed by atoms with Gasteiger partial charge in [0.25, 0.3) is 0 Å². The summed E-state index contributed by atoms with van der Waals surface area (Å²) in [5, 5.41) is 0. The molecule has 0 aromatic heterocycles. The number of hydrogen-bond donors (Lipinski definition) is 0. The van der Waals surface area contributed by atoms with E-state index >= 15 is 0 Å². The molecule has 0 heterocycles. The fourth-order valence-electron chi connectivity index (χ4n) is 12.6. The standard InChI is InChI=1S/C51H53N/c1-48(2)21-22-49(3,4)47-30-37(17-20-44(47)48)52(35-15-18-40-38-11-7-9-13-42(38)50(5,6)45(40)28-35)36-16-19-41-39-12-8-10-14-43(39)51(46(41)29-36)33-24-31-23-32(26-33)27-34(51)25-31/h7-20,28-34H,21-27H2,1-6H3/i8D,10D,12D,14D,16D,19D,29D. The van der Waals surface area contributed by atoms with E-state index in [-0.39, 0.29) is 70.4 Å². The minimum atomic E-state index is -0.821. The van der Waals surface area contributed by atoms with Gasteiger partial charge in [-0.15, -0.1) is 0 Å².